The molecule has 2 aromatic heterocycles. The van der Waals surface area contributed by atoms with E-state index in [1.807, 2.05) is 39.8 Å². The van der Waals surface area contributed by atoms with E-state index in [9.17, 15) is 29.4 Å². The Kier molecular flexibility index (Phi) is 8.34. The standard InChI is InChI=1S/2C19H20N2O4/c2*1-10-17(11(2)25-21-10)12-7-8-15-14(9-12)19(24,18(23)20-15)13-5-3-4-6-16(13)22/h2*7-9,13,24H,3-6H2,1-2H3,(H,20,23). The number of benzene rings is 2. The molecule has 0 bridgehead atoms. The summed E-state index contributed by atoms with van der Waals surface area (Å²) in [6.45, 7) is 7.34. The summed E-state index contributed by atoms with van der Waals surface area (Å²) in [6.07, 6.45) is 5.20. The average molecular weight is 681 g/mol. The van der Waals surface area contributed by atoms with Gasteiger partial charge in [0, 0.05) is 46.5 Å². The fourth-order valence-electron chi connectivity index (χ4n) is 8.26. The number of amides is 2. The van der Waals surface area contributed by atoms with Crippen LogP contribution in [0.4, 0.5) is 11.4 Å². The molecule has 4 N–H and O–H groups in total. The lowest BCUT2D eigenvalue weighted by atomic mass is 9.73. The minimum atomic E-state index is -1.80. The molecule has 4 atom stereocenters. The van der Waals surface area contributed by atoms with Crippen LogP contribution in [-0.4, -0.2) is 43.9 Å². The first-order chi connectivity index (χ1) is 23.8. The van der Waals surface area contributed by atoms with Crippen LogP contribution in [0, 0.1) is 39.5 Å². The molecule has 4 unspecified atom stereocenters. The van der Waals surface area contributed by atoms with Crippen LogP contribution >= 0.6 is 0 Å². The van der Waals surface area contributed by atoms with Crippen molar-refractivity contribution < 1.29 is 38.4 Å². The highest BCUT2D eigenvalue weighted by Crippen LogP contribution is 2.48. The maximum Gasteiger partial charge on any atom is 0.261 e. The summed E-state index contributed by atoms with van der Waals surface area (Å²) in [5, 5.41) is 36.0. The summed E-state index contributed by atoms with van der Waals surface area (Å²) >= 11 is 0. The molecule has 4 aliphatic rings. The minimum Gasteiger partial charge on any atom is -0.375 e. The second-order valence-electron chi connectivity index (χ2n) is 13.9. The van der Waals surface area contributed by atoms with Crippen LogP contribution in [0.5, 0.6) is 0 Å². The largest absolute Gasteiger partial charge is 0.375 e. The normalized spacial score (nSPS) is 25.8. The van der Waals surface area contributed by atoms with E-state index in [-0.39, 0.29) is 11.6 Å². The number of anilines is 2. The molecule has 2 amide bonds. The van der Waals surface area contributed by atoms with E-state index in [0.29, 0.717) is 59.7 Å². The van der Waals surface area contributed by atoms with Gasteiger partial charge in [0.15, 0.2) is 11.2 Å². The van der Waals surface area contributed by atoms with Crippen LogP contribution < -0.4 is 10.6 Å². The lowest BCUT2D eigenvalue weighted by Gasteiger charge is -2.32. The maximum absolute atomic E-state index is 12.6. The van der Waals surface area contributed by atoms with Gasteiger partial charge in [0.1, 0.15) is 23.1 Å². The van der Waals surface area contributed by atoms with Crippen molar-refractivity contribution in [3.63, 3.8) is 0 Å². The Balaban J connectivity index is 0.000000157. The SMILES string of the molecule is Cc1noc(C)c1-c1ccc2c(c1)C(O)(C1CCCCC1=O)C(=O)N2.Cc1noc(C)c1-c1ccc2c(c1)C(O)(C1CCCCC1=O)C(=O)N2. The fraction of sp³-hybridized carbons (Fsp3) is 0.421. The number of ketones is 2. The third-order valence-corrected chi connectivity index (χ3v) is 10.8. The van der Waals surface area contributed by atoms with Crippen molar-refractivity contribution in [2.75, 3.05) is 10.6 Å². The van der Waals surface area contributed by atoms with Gasteiger partial charge in [0.2, 0.25) is 0 Å². The second kappa shape index (κ2) is 12.4. The van der Waals surface area contributed by atoms with Gasteiger partial charge in [-0.15, -0.1) is 0 Å². The first-order valence-corrected chi connectivity index (χ1v) is 17.1. The van der Waals surface area contributed by atoms with Crippen LogP contribution in [-0.2, 0) is 30.4 Å². The van der Waals surface area contributed by atoms with Crippen molar-refractivity contribution in [2.24, 2.45) is 11.8 Å². The highest BCUT2D eigenvalue weighted by molar-refractivity contribution is 6.09. The summed E-state index contributed by atoms with van der Waals surface area (Å²) in [4.78, 5) is 50.0. The molecular weight excluding hydrogens is 640 g/mol. The summed E-state index contributed by atoms with van der Waals surface area (Å²) in [6, 6.07) is 10.8. The number of aliphatic hydroxyl groups is 2. The molecule has 8 rings (SSSR count). The molecule has 2 aromatic carbocycles. The topological polar surface area (TPSA) is 185 Å². The molecule has 12 heteroatoms. The average Bonchev–Trinajstić information content (AvgIpc) is 3.78. The molecule has 0 spiro atoms. The Morgan fingerprint density at radius 3 is 1.38 bits per heavy atom. The fourth-order valence-corrected chi connectivity index (χ4v) is 8.26. The molecule has 4 aromatic rings. The third-order valence-electron chi connectivity index (χ3n) is 10.8. The highest BCUT2D eigenvalue weighted by atomic mass is 16.5. The van der Waals surface area contributed by atoms with Gasteiger partial charge in [-0.1, -0.05) is 35.3 Å². The molecule has 4 heterocycles. The van der Waals surface area contributed by atoms with Crippen molar-refractivity contribution in [3.8, 4) is 22.3 Å². The van der Waals surface area contributed by atoms with Gasteiger partial charge in [-0.05, 0) is 88.8 Å². The maximum atomic E-state index is 12.6. The van der Waals surface area contributed by atoms with Gasteiger partial charge in [-0.2, -0.15) is 0 Å². The number of fused-ring (bicyclic) bond motifs is 2. The van der Waals surface area contributed by atoms with Crippen molar-refractivity contribution >= 4 is 34.8 Å². The van der Waals surface area contributed by atoms with Gasteiger partial charge in [0.25, 0.3) is 11.8 Å². The van der Waals surface area contributed by atoms with Gasteiger partial charge >= 0.3 is 0 Å². The highest BCUT2D eigenvalue weighted by Gasteiger charge is 2.55. The predicted molar refractivity (Wildman–Crippen MR) is 182 cm³/mol. The predicted octanol–water partition coefficient (Wildman–Crippen LogP) is 5.71. The zero-order valence-corrected chi connectivity index (χ0v) is 28.5. The lowest BCUT2D eigenvalue weighted by Crippen LogP contribution is -2.46. The van der Waals surface area contributed by atoms with Crippen molar-refractivity contribution in [1.29, 1.82) is 0 Å². The third kappa shape index (κ3) is 5.20. The van der Waals surface area contributed by atoms with Crippen molar-refractivity contribution in [2.45, 2.75) is 90.3 Å². The molecule has 0 saturated heterocycles. The molecule has 260 valence electrons. The van der Waals surface area contributed by atoms with E-state index in [2.05, 4.69) is 20.9 Å². The number of nitrogens with one attached hydrogen (secondary N) is 2. The smallest absolute Gasteiger partial charge is 0.261 e. The monoisotopic (exact) mass is 680 g/mol. The van der Waals surface area contributed by atoms with E-state index < -0.39 is 34.9 Å². The second-order valence-corrected chi connectivity index (χ2v) is 13.9. The van der Waals surface area contributed by atoms with Gasteiger partial charge in [0.05, 0.1) is 23.2 Å². The number of aromatic nitrogens is 2. The van der Waals surface area contributed by atoms with E-state index in [0.717, 1.165) is 59.3 Å². The number of hydrogen-bond acceptors (Lipinski definition) is 10. The first-order valence-electron chi connectivity index (χ1n) is 17.1. The molecule has 12 nitrogen and oxygen atoms in total. The first kappa shape index (κ1) is 33.6. The van der Waals surface area contributed by atoms with Crippen LogP contribution in [0.2, 0.25) is 0 Å². The van der Waals surface area contributed by atoms with E-state index in [1.165, 1.54) is 0 Å². The van der Waals surface area contributed by atoms with Crippen LogP contribution in [0.25, 0.3) is 22.3 Å². The van der Waals surface area contributed by atoms with Crippen LogP contribution in [0.15, 0.2) is 45.4 Å². The number of rotatable bonds is 4. The Hall–Kier alpha value is -4.94. The number of aryl methyl sites for hydroxylation is 4. The number of hydrogen-bond donors (Lipinski definition) is 4. The summed E-state index contributed by atoms with van der Waals surface area (Å²) < 4.78 is 10.5. The van der Waals surface area contributed by atoms with E-state index >= 15 is 0 Å². The molecule has 50 heavy (non-hydrogen) atoms. The summed E-state index contributed by atoms with van der Waals surface area (Å²) in [7, 11) is 0. The molecule has 2 saturated carbocycles. The van der Waals surface area contributed by atoms with E-state index in [4.69, 9.17) is 9.05 Å². The molecule has 0 radical (unpaired) electrons. The number of carbonyl (C=O) groups excluding carboxylic acids is 4. The van der Waals surface area contributed by atoms with Crippen molar-refractivity contribution in [3.05, 3.63) is 70.4 Å². The number of nitrogens with zero attached hydrogens (tertiary/aromatic N) is 2. The zero-order valence-electron chi connectivity index (χ0n) is 28.5. The summed E-state index contributed by atoms with van der Waals surface area (Å²) in [5.74, 6) is -1.15. The minimum absolute atomic E-state index is 0.0421. The molecule has 2 aliphatic carbocycles. The zero-order chi connectivity index (χ0) is 35.5. The lowest BCUT2D eigenvalue weighted by molar-refractivity contribution is -0.150. The van der Waals surface area contributed by atoms with Crippen molar-refractivity contribution in [1.82, 2.24) is 10.3 Å². The summed E-state index contributed by atoms with van der Waals surface area (Å²) in [5.41, 5.74) is 3.25. The van der Waals surface area contributed by atoms with E-state index in [1.54, 1.807) is 24.3 Å². The number of carbonyl (C=O) groups is 4. The molecular formula is C38H40N4O8. The quantitative estimate of drug-likeness (QED) is 0.208. The Morgan fingerprint density at radius 1 is 0.640 bits per heavy atom. The Labute approximate surface area is 288 Å². The van der Waals surface area contributed by atoms with Crippen LogP contribution in [0.3, 0.4) is 0 Å². The molecule has 2 aliphatic heterocycles. The Morgan fingerprint density at radius 2 is 1.04 bits per heavy atom. The molecule has 2 fully saturated rings. The van der Waals surface area contributed by atoms with Gasteiger partial charge < -0.3 is 29.9 Å². The van der Waals surface area contributed by atoms with Gasteiger partial charge in [-0.3, -0.25) is 19.2 Å². The Bertz CT molecular complexity index is 1880. The number of Topliss-reactive ketones (excluding diaryl/α,β-unsaturated/α-hetero) is 2. The van der Waals surface area contributed by atoms with Crippen LogP contribution in [0.1, 0.15) is 85.4 Å². The van der Waals surface area contributed by atoms with Gasteiger partial charge in [-0.25, -0.2) is 0 Å².